The molecule has 1 aliphatic rings. The number of hydrogen-bond donors (Lipinski definition) is 1. The Hall–Kier alpha value is -1.06. The normalized spacial score (nSPS) is 16.4. The number of likely N-dealkylation sites (tertiary alicyclic amines) is 1. The van der Waals surface area contributed by atoms with E-state index in [1.54, 1.807) is 12.1 Å². The summed E-state index contributed by atoms with van der Waals surface area (Å²) in [6, 6.07) is 7.25. The maximum absolute atomic E-state index is 10.7. The van der Waals surface area contributed by atoms with Crippen LogP contribution in [0.5, 0.6) is 0 Å². The van der Waals surface area contributed by atoms with Crippen molar-refractivity contribution in [3.63, 3.8) is 0 Å². The van der Waals surface area contributed by atoms with E-state index < -0.39 is 5.97 Å². The van der Waals surface area contributed by atoms with Gasteiger partial charge in [0.25, 0.3) is 0 Å². The van der Waals surface area contributed by atoms with Gasteiger partial charge in [-0.1, -0.05) is 25.0 Å². The molecule has 1 aromatic carbocycles. The van der Waals surface area contributed by atoms with E-state index in [2.05, 4.69) is 4.90 Å². The minimum absolute atomic E-state index is 0. The third kappa shape index (κ3) is 5.21. The monoisotopic (exact) mass is 283 g/mol. The van der Waals surface area contributed by atoms with Crippen LogP contribution in [-0.4, -0.2) is 35.6 Å². The van der Waals surface area contributed by atoms with Crippen molar-refractivity contribution in [3.8, 4) is 0 Å². The van der Waals surface area contributed by atoms with Gasteiger partial charge in [-0.2, -0.15) is 0 Å². The van der Waals surface area contributed by atoms with Gasteiger partial charge in [0.15, 0.2) is 0 Å². The molecule has 1 heterocycles. The van der Waals surface area contributed by atoms with Crippen molar-refractivity contribution in [2.24, 2.45) is 0 Å². The van der Waals surface area contributed by atoms with E-state index in [0.29, 0.717) is 5.56 Å². The van der Waals surface area contributed by atoms with Gasteiger partial charge >= 0.3 is 5.97 Å². The molecule has 0 spiro atoms. The van der Waals surface area contributed by atoms with Crippen molar-refractivity contribution in [1.82, 2.24) is 4.90 Å². The Morgan fingerprint density at radius 3 is 2.16 bits per heavy atom. The van der Waals surface area contributed by atoms with Crippen LogP contribution in [0.4, 0.5) is 0 Å². The molecule has 1 aliphatic heterocycles. The molecule has 0 unspecified atom stereocenters. The van der Waals surface area contributed by atoms with Crippen LogP contribution in [0.15, 0.2) is 24.3 Å². The lowest BCUT2D eigenvalue weighted by Crippen LogP contribution is -2.26. The summed E-state index contributed by atoms with van der Waals surface area (Å²) in [5.41, 5.74) is 1.60. The number of aromatic carboxylic acids is 1. The summed E-state index contributed by atoms with van der Waals surface area (Å²) < 4.78 is 0. The fraction of sp³-hybridized carbons (Fsp3) is 0.533. The number of carbonyl (C=O) groups is 1. The minimum Gasteiger partial charge on any atom is -0.478 e. The largest absolute Gasteiger partial charge is 0.478 e. The second-order valence-electron chi connectivity index (χ2n) is 5.01. The zero-order chi connectivity index (χ0) is 12.8. The molecule has 0 aromatic heterocycles. The molecular weight excluding hydrogens is 262 g/mol. The Morgan fingerprint density at radius 1 is 1.05 bits per heavy atom. The van der Waals surface area contributed by atoms with E-state index >= 15 is 0 Å². The van der Waals surface area contributed by atoms with Gasteiger partial charge in [0.2, 0.25) is 0 Å². The van der Waals surface area contributed by atoms with Crippen LogP contribution in [0.1, 0.15) is 41.6 Å². The molecule has 2 rings (SSSR count). The topological polar surface area (TPSA) is 40.5 Å². The Balaban J connectivity index is 0.00000180. The molecule has 106 valence electrons. The molecule has 0 radical (unpaired) electrons. The average Bonchev–Trinajstić information content (AvgIpc) is 2.65. The van der Waals surface area contributed by atoms with Crippen LogP contribution < -0.4 is 0 Å². The zero-order valence-electron chi connectivity index (χ0n) is 11.2. The highest BCUT2D eigenvalue weighted by Gasteiger charge is 2.09. The van der Waals surface area contributed by atoms with Crippen molar-refractivity contribution in [1.29, 1.82) is 0 Å². The van der Waals surface area contributed by atoms with E-state index in [-0.39, 0.29) is 12.4 Å². The van der Waals surface area contributed by atoms with E-state index in [1.165, 1.54) is 44.3 Å². The van der Waals surface area contributed by atoms with Crippen LogP contribution in [-0.2, 0) is 6.42 Å². The summed E-state index contributed by atoms with van der Waals surface area (Å²) in [5.74, 6) is -0.853. The van der Waals surface area contributed by atoms with Crippen molar-refractivity contribution >= 4 is 18.4 Å². The third-order valence-corrected chi connectivity index (χ3v) is 3.62. The second-order valence-corrected chi connectivity index (χ2v) is 5.01. The lowest BCUT2D eigenvalue weighted by atomic mass is 10.1. The maximum atomic E-state index is 10.7. The first-order valence-electron chi connectivity index (χ1n) is 6.80. The van der Waals surface area contributed by atoms with Crippen molar-refractivity contribution in [2.75, 3.05) is 19.6 Å². The molecule has 0 atom stereocenters. The summed E-state index contributed by atoms with van der Waals surface area (Å²) >= 11 is 0. The molecule has 4 heteroatoms. The van der Waals surface area contributed by atoms with Crippen molar-refractivity contribution < 1.29 is 9.90 Å². The summed E-state index contributed by atoms with van der Waals surface area (Å²) in [7, 11) is 0. The van der Waals surface area contributed by atoms with Crippen molar-refractivity contribution in [3.05, 3.63) is 35.4 Å². The van der Waals surface area contributed by atoms with Crippen LogP contribution in [0.3, 0.4) is 0 Å². The molecule has 0 amide bonds. The number of hydrogen-bond acceptors (Lipinski definition) is 2. The quantitative estimate of drug-likeness (QED) is 0.922. The molecule has 1 fully saturated rings. The number of benzene rings is 1. The number of rotatable bonds is 4. The first-order chi connectivity index (χ1) is 8.75. The number of nitrogens with zero attached hydrogens (tertiary/aromatic N) is 1. The second kappa shape index (κ2) is 8.18. The maximum Gasteiger partial charge on any atom is 0.335 e. The molecule has 0 saturated carbocycles. The molecule has 3 nitrogen and oxygen atoms in total. The van der Waals surface area contributed by atoms with E-state index in [0.717, 1.165) is 13.0 Å². The molecule has 1 N–H and O–H groups in total. The van der Waals surface area contributed by atoms with Crippen LogP contribution in [0, 0.1) is 0 Å². The number of carboxylic acids is 1. The van der Waals surface area contributed by atoms with Gasteiger partial charge in [-0.3, -0.25) is 0 Å². The first-order valence-corrected chi connectivity index (χ1v) is 6.80. The average molecular weight is 284 g/mol. The number of halogens is 1. The highest BCUT2D eigenvalue weighted by atomic mass is 35.5. The molecule has 19 heavy (non-hydrogen) atoms. The van der Waals surface area contributed by atoms with Gasteiger partial charge in [0, 0.05) is 6.54 Å². The lowest BCUT2D eigenvalue weighted by Gasteiger charge is -2.19. The Labute approximate surface area is 121 Å². The van der Waals surface area contributed by atoms with E-state index in [9.17, 15) is 4.79 Å². The highest BCUT2D eigenvalue weighted by molar-refractivity contribution is 5.87. The molecule has 1 saturated heterocycles. The predicted octanol–water partition coefficient (Wildman–Crippen LogP) is 3.23. The summed E-state index contributed by atoms with van der Waals surface area (Å²) in [4.78, 5) is 13.3. The first kappa shape index (κ1) is 16.0. The van der Waals surface area contributed by atoms with Crippen LogP contribution in [0.2, 0.25) is 0 Å². The van der Waals surface area contributed by atoms with Gasteiger partial charge in [0.05, 0.1) is 5.56 Å². The fourth-order valence-corrected chi connectivity index (χ4v) is 2.46. The minimum atomic E-state index is -0.853. The Morgan fingerprint density at radius 2 is 1.63 bits per heavy atom. The number of carboxylic acid groups (broad SMARTS) is 1. The standard InChI is InChI=1S/C15H21NO2.ClH/c17-15(18)14-7-5-13(6-8-14)9-12-16-10-3-1-2-4-11-16;/h5-8H,1-4,9-12H2,(H,17,18);1H. The van der Waals surface area contributed by atoms with Gasteiger partial charge in [-0.05, 0) is 50.0 Å². The van der Waals surface area contributed by atoms with Crippen LogP contribution in [0.25, 0.3) is 0 Å². The molecular formula is C15H22ClNO2. The summed E-state index contributed by atoms with van der Waals surface area (Å²) in [6.07, 6.45) is 6.38. The SMILES string of the molecule is Cl.O=C(O)c1ccc(CCN2CCCCCC2)cc1. The van der Waals surface area contributed by atoms with Gasteiger partial charge < -0.3 is 10.0 Å². The van der Waals surface area contributed by atoms with E-state index in [1.807, 2.05) is 12.1 Å². The third-order valence-electron chi connectivity index (χ3n) is 3.62. The molecule has 1 aromatic rings. The summed E-state index contributed by atoms with van der Waals surface area (Å²) in [5, 5.41) is 8.83. The van der Waals surface area contributed by atoms with Gasteiger partial charge in [-0.25, -0.2) is 4.79 Å². The van der Waals surface area contributed by atoms with E-state index in [4.69, 9.17) is 5.11 Å². The van der Waals surface area contributed by atoms with Crippen molar-refractivity contribution in [2.45, 2.75) is 32.1 Å². The highest BCUT2D eigenvalue weighted by Crippen LogP contribution is 2.11. The Bertz CT molecular complexity index is 384. The van der Waals surface area contributed by atoms with Crippen LogP contribution >= 0.6 is 12.4 Å². The Kier molecular flexibility index (Phi) is 6.89. The predicted molar refractivity (Wildman–Crippen MR) is 79.3 cm³/mol. The molecule has 0 bridgehead atoms. The summed E-state index contributed by atoms with van der Waals surface area (Å²) in [6.45, 7) is 3.52. The fourth-order valence-electron chi connectivity index (χ4n) is 2.46. The van der Waals surface area contributed by atoms with Gasteiger partial charge in [-0.15, -0.1) is 12.4 Å². The zero-order valence-corrected chi connectivity index (χ0v) is 12.0. The lowest BCUT2D eigenvalue weighted by molar-refractivity contribution is 0.0697. The smallest absolute Gasteiger partial charge is 0.335 e. The molecule has 0 aliphatic carbocycles. The van der Waals surface area contributed by atoms with Gasteiger partial charge in [0.1, 0.15) is 0 Å².